The van der Waals surface area contributed by atoms with Crippen LogP contribution < -0.4 is 0 Å². The Kier molecular flexibility index (Phi) is 2.53. The van der Waals surface area contributed by atoms with Gasteiger partial charge in [-0.15, -0.1) is 6.42 Å². The Labute approximate surface area is 68.2 Å². The lowest BCUT2D eigenvalue weighted by Gasteiger charge is -2.31. The Morgan fingerprint density at radius 1 is 1.73 bits per heavy atom. The van der Waals surface area contributed by atoms with Gasteiger partial charge in [-0.05, 0) is 26.3 Å². The molecule has 1 aliphatic rings. The maximum atomic E-state index is 9.11. The number of likely N-dealkylation sites (tertiary alicyclic amines) is 1. The van der Waals surface area contributed by atoms with E-state index in [0.717, 1.165) is 19.4 Å². The standard InChI is InChI=1S/C9H15NO/c1-3-6-10-7-4-5-9(10,2)8-11/h1,11H,4-8H2,2H3. The van der Waals surface area contributed by atoms with Crippen molar-refractivity contribution in [2.24, 2.45) is 0 Å². The van der Waals surface area contributed by atoms with Crippen molar-refractivity contribution in [1.29, 1.82) is 0 Å². The summed E-state index contributed by atoms with van der Waals surface area (Å²) in [6, 6.07) is 0. The summed E-state index contributed by atoms with van der Waals surface area (Å²) in [6.07, 6.45) is 7.42. The zero-order valence-electron chi connectivity index (χ0n) is 7.01. The van der Waals surface area contributed by atoms with Gasteiger partial charge in [0.2, 0.25) is 0 Å². The first kappa shape index (κ1) is 8.58. The van der Waals surface area contributed by atoms with Gasteiger partial charge in [-0.3, -0.25) is 4.90 Å². The van der Waals surface area contributed by atoms with E-state index in [1.54, 1.807) is 0 Å². The fraction of sp³-hybridized carbons (Fsp3) is 0.778. The highest BCUT2D eigenvalue weighted by Crippen LogP contribution is 2.27. The number of aliphatic hydroxyl groups excluding tert-OH is 1. The molecule has 1 rings (SSSR count). The van der Waals surface area contributed by atoms with Crippen LogP contribution in [0.15, 0.2) is 0 Å². The van der Waals surface area contributed by atoms with Gasteiger partial charge in [0.15, 0.2) is 0 Å². The number of nitrogens with zero attached hydrogens (tertiary/aromatic N) is 1. The van der Waals surface area contributed by atoms with E-state index in [2.05, 4.69) is 17.7 Å². The number of hydrogen-bond donors (Lipinski definition) is 1. The van der Waals surface area contributed by atoms with Gasteiger partial charge >= 0.3 is 0 Å². The van der Waals surface area contributed by atoms with Crippen LogP contribution in [-0.4, -0.2) is 35.2 Å². The molecule has 0 aromatic rings. The largest absolute Gasteiger partial charge is 0.394 e. The third-order valence-electron chi connectivity index (χ3n) is 2.53. The molecule has 0 bridgehead atoms. The van der Waals surface area contributed by atoms with Crippen molar-refractivity contribution in [3.8, 4) is 12.3 Å². The highest BCUT2D eigenvalue weighted by Gasteiger charge is 2.34. The van der Waals surface area contributed by atoms with Gasteiger partial charge in [0.25, 0.3) is 0 Å². The number of aliphatic hydroxyl groups is 1. The lowest BCUT2D eigenvalue weighted by Crippen LogP contribution is -2.44. The van der Waals surface area contributed by atoms with E-state index < -0.39 is 0 Å². The van der Waals surface area contributed by atoms with E-state index in [1.807, 2.05) is 0 Å². The van der Waals surface area contributed by atoms with Gasteiger partial charge < -0.3 is 5.11 Å². The normalized spacial score (nSPS) is 32.1. The van der Waals surface area contributed by atoms with Crippen molar-refractivity contribution in [3.63, 3.8) is 0 Å². The lowest BCUT2D eigenvalue weighted by molar-refractivity contribution is 0.0901. The third kappa shape index (κ3) is 1.55. The molecule has 11 heavy (non-hydrogen) atoms. The Morgan fingerprint density at radius 3 is 3.00 bits per heavy atom. The Bertz CT molecular complexity index is 173. The average molecular weight is 153 g/mol. The molecule has 0 aromatic heterocycles. The van der Waals surface area contributed by atoms with E-state index in [4.69, 9.17) is 11.5 Å². The molecular weight excluding hydrogens is 138 g/mol. The molecular formula is C9H15NO. The van der Waals surface area contributed by atoms with Gasteiger partial charge in [-0.25, -0.2) is 0 Å². The molecule has 2 nitrogen and oxygen atoms in total. The summed E-state index contributed by atoms with van der Waals surface area (Å²) in [5.74, 6) is 2.61. The van der Waals surface area contributed by atoms with Crippen LogP contribution in [0.5, 0.6) is 0 Å². The molecule has 0 amide bonds. The molecule has 1 saturated heterocycles. The highest BCUT2D eigenvalue weighted by atomic mass is 16.3. The predicted octanol–water partition coefficient (Wildman–Crippen LogP) is 0.466. The van der Waals surface area contributed by atoms with Crippen LogP contribution in [0.25, 0.3) is 0 Å². The second-order valence-electron chi connectivity index (χ2n) is 3.38. The van der Waals surface area contributed by atoms with E-state index >= 15 is 0 Å². The minimum atomic E-state index is -0.0492. The summed E-state index contributed by atoms with van der Waals surface area (Å²) in [5.41, 5.74) is -0.0492. The van der Waals surface area contributed by atoms with E-state index in [9.17, 15) is 0 Å². The van der Waals surface area contributed by atoms with Crippen molar-refractivity contribution in [2.45, 2.75) is 25.3 Å². The summed E-state index contributed by atoms with van der Waals surface area (Å²) >= 11 is 0. The van der Waals surface area contributed by atoms with E-state index in [1.165, 1.54) is 0 Å². The quantitative estimate of drug-likeness (QED) is 0.583. The number of hydrogen-bond acceptors (Lipinski definition) is 2. The van der Waals surface area contributed by atoms with Crippen LogP contribution in [0.2, 0.25) is 0 Å². The molecule has 0 aromatic carbocycles. The molecule has 0 radical (unpaired) electrons. The first-order valence-corrected chi connectivity index (χ1v) is 4.02. The monoisotopic (exact) mass is 153 g/mol. The molecule has 0 spiro atoms. The topological polar surface area (TPSA) is 23.5 Å². The van der Waals surface area contributed by atoms with Crippen LogP contribution in [0.3, 0.4) is 0 Å². The Hall–Kier alpha value is -0.520. The lowest BCUT2D eigenvalue weighted by atomic mass is 10.0. The van der Waals surface area contributed by atoms with Gasteiger partial charge in [0.1, 0.15) is 0 Å². The van der Waals surface area contributed by atoms with Gasteiger partial charge in [0.05, 0.1) is 13.2 Å². The molecule has 0 saturated carbocycles. The summed E-state index contributed by atoms with van der Waals surface area (Å²) in [5, 5.41) is 9.11. The van der Waals surface area contributed by atoms with Gasteiger partial charge in [0, 0.05) is 5.54 Å². The fourth-order valence-electron chi connectivity index (χ4n) is 1.64. The van der Waals surface area contributed by atoms with Crippen molar-refractivity contribution in [1.82, 2.24) is 4.90 Å². The molecule has 1 fully saturated rings. The smallest absolute Gasteiger partial charge is 0.0613 e. The molecule has 1 aliphatic heterocycles. The molecule has 1 N–H and O–H groups in total. The van der Waals surface area contributed by atoms with Crippen LogP contribution in [-0.2, 0) is 0 Å². The SMILES string of the molecule is C#CCN1CCCC1(C)CO. The van der Waals surface area contributed by atoms with E-state index in [0.29, 0.717) is 6.54 Å². The Balaban J connectivity index is 2.58. The summed E-state index contributed by atoms with van der Waals surface area (Å²) < 4.78 is 0. The maximum Gasteiger partial charge on any atom is 0.0613 e. The highest BCUT2D eigenvalue weighted by molar-refractivity contribution is 4.98. The molecule has 1 atom stereocenters. The summed E-state index contributed by atoms with van der Waals surface area (Å²) in [6.45, 7) is 3.98. The summed E-state index contributed by atoms with van der Waals surface area (Å²) in [4.78, 5) is 2.17. The molecule has 62 valence electrons. The van der Waals surface area contributed by atoms with Crippen LogP contribution in [0.4, 0.5) is 0 Å². The second-order valence-corrected chi connectivity index (χ2v) is 3.38. The minimum absolute atomic E-state index is 0.0492. The third-order valence-corrected chi connectivity index (χ3v) is 2.53. The van der Waals surface area contributed by atoms with Gasteiger partial charge in [-0.2, -0.15) is 0 Å². The van der Waals surface area contributed by atoms with Crippen LogP contribution in [0, 0.1) is 12.3 Å². The number of terminal acetylenes is 1. The first-order valence-electron chi connectivity index (χ1n) is 4.02. The van der Waals surface area contributed by atoms with Crippen molar-refractivity contribution in [3.05, 3.63) is 0 Å². The summed E-state index contributed by atoms with van der Waals surface area (Å²) in [7, 11) is 0. The minimum Gasteiger partial charge on any atom is -0.394 e. The van der Waals surface area contributed by atoms with Crippen molar-refractivity contribution < 1.29 is 5.11 Å². The van der Waals surface area contributed by atoms with Crippen molar-refractivity contribution in [2.75, 3.05) is 19.7 Å². The van der Waals surface area contributed by atoms with E-state index in [-0.39, 0.29) is 12.1 Å². The van der Waals surface area contributed by atoms with Gasteiger partial charge in [-0.1, -0.05) is 5.92 Å². The molecule has 1 heterocycles. The molecule has 2 heteroatoms. The predicted molar refractivity (Wildman–Crippen MR) is 45.1 cm³/mol. The average Bonchev–Trinajstić information content (AvgIpc) is 2.35. The molecule has 0 aliphatic carbocycles. The zero-order chi connectivity index (χ0) is 8.32. The Morgan fingerprint density at radius 2 is 2.45 bits per heavy atom. The van der Waals surface area contributed by atoms with Crippen molar-refractivity contribution >= 4 is 0 Å². The zero-order valence-corrected chi connectivity index (χ0v) is 7.01. The first-order chi connectivity index (χ1) is 5.23. The van der Waals surface area contributed by atoms with Crippen LogP contribution in [0.1, 0.15) is 19.8 Å². The maximum absolute atomic E-state index is 9.11. The molecule has 1 unspecified atom stereocenters. The number of rotatable bonds is 2. The second kappa shape index (κ2) is 3.25. The van der Waals surface area contributed by atoms with Crippen LogP contribution >= 0.6 is 0 Å². The fourth-order valence-corrected chi connectivity index (χ4v) is 1.64.